The first-order chi connectivity index (χ1) is 10.4. The molecule has 0 bridgehead atoms. The first-order valence-corrected chi connectivity index (χ1v) is 9.74. The summed E-state index contributed by atoms with van der Waals surface area (Å²) >= 11 is 0. The molecule has 0 unspecified atom stereocenters. The Morgan fingerprint density at radius 1 is 1.04 bits per heavy atom. The van der Waals surface area contributed by atoms with Gasteiger partial charge in [-0.05, 0) is 20.8 Å². The summed E-state index contributed by atoms with van der Waals surface area (Å²) in [5.74, 6) is -0.471. The van der Waals surface area contributed by atoms with Crippen LogP contribution in [0.2, 0.25) is 0 Å². The average molecular weight is 346 g/mol. The van der Waals surface area contributed by atoms with Gasteiger partial charge >= 0.3 is 6.09 Å². The lowest BCUT2D eigenvalue weighted by Crippen LogP contribution is -2.63. The standard InChI is InChI=1S/C15H26N2O5S/c1-10(2)13(18)16-6-7-17(14(19)22-15(3,4)5)12-9-23(20,21)8-11(12)16/h10-12H,6-9H2,1-5H3/t11-,12-/m1/s1. The molecular formula is C15H26N2O5S. The average Bonchev–Trinajstić information content (AvgIpc) is 2.68. The number of hydrogen-bond donors (Lipinski definition) is 0. The summed E-state index contributed by atoms with van der Waals surface area (Å²) < 4.78 is 29.5. The van der Waals surface area contributed by atoms with Crippen molar-refractivity contribution in [1.82, 2.24) is 9.80 Å². The fraction of sp³-hybridized carbons (Fsp3) is 0.867. The molecule has 2 heterocycles. The summed E-state index contributed by atoms with van der Waals surface area (Å²) in [6, 6.07) is -0.998. The van der Waals surface area contributed by atoms with Crippen molar-refractivity contribution < 1.29 is 22.7 Å². The maximum Gasteiger partial charge on any atom is 0.410 e. The Kier molecular flexibility index (Phi) is 4.67. The van der Waals surface area contributed by atoms with Crippen molar-refractivity contribution in [2.24, 2.45) is 5.92 Å². The van der Waals surface area contributed by atoms with Crippen molar-refractivity contribution in [3.8, 4) is 0 Å². The zero-order valence-electron chi connectivity index (χ0n) is 14.4. The van der Waals surface area contributed by atoms with E-state index in [9.17, 15) is 18.0 Å². The van der Waals surface area contributed by atoms with Gasteiger partial charge in [-0.2, -0.15) is 0 Å². The predicted molar refractivity (Wildman–Crippen MR) is 85.7 cm³/mol. The second-order valence-corrected chi connectivity index (χ2v) is 9.73. The number of amides is 2. The molecule has 0 spiro atoms. The number of nitrogens with zero attached hydrogens (tertiary/aromatic N) is 2. The van der Waals surface area contributed by atoms with Crippen LogP contribution in [0, 0.1) is 5.92 Å². The molecule has 0 N–H and O–H groups in total. The summed E-state index contributed by atoms with van der Waals surface area (Å²) in [6.07, 6.45) is -0.513. The topological polar surface area (TPSA) is 84.0 Å². The SMILES string of the molecule is CC(C)C(=O)N1CCN(C(=O)OC(C)(C)C)[C@@H]2CS(=O)(=O)C[C@H]21. The minimum Gasteiger partial charge on any atom is -0.444 e. The van der Waals surface area contributed by atoms with E-state index in [4.69, 9.17) is 4.74 Å². The molecule has 2 aliphatic heterocycles. The Morgan fingerprint density at radius 2 is 1.52 bits per heavy atom. The predicted octanol–water partition coefficient (Wildman–Crippen LogP) is 0.887. The number of rotatable bonds is 1. The summed E-state index contributed by atoms with van der Waals surface area (Å²) in [7, 11) is -3.27. The Balaban J connectivity index is 2.25. The van der Waals surface area contributed by atoms with Gasteiger partial charge in [0.25, 0.3) is 0 Å². The molecule has 2 amide bonds. The first-order valence-electron chi connectivity index (χ1n) is 7.92. The number of carbonyl (C=O) groups is 2. The zero-order valence-corrected chi connectivity index (χ0v) is 15.2. The maximum absolute atomic E-state index is 12.4. The maximum atomic E-state index is 12.4. The minimum absolute atomic E-state index is 0.0686. The van der Waals surface area contributed by atoms with E-state index >= 15 is 0 Å². The highest BCUT2D eigenvalue weighted by molar-refractivity contribution is 7.91. The van der Waals surface area contributed by atoms with Crippen LogP contribution in [0.15, 0.2) is 0 Å². The van der Waals surface area contributed by atoms with Crippen LogP contribution >= 0.6 is 0 Å². The number of piperazine rings is 1. The van der Waals surface area contributed by atoms with Crippen LogP contribution in [-0.2, 0) is 19.4 Å². The molecule has 2 rings (SSSR count). The molecule has 2 atom stereocenters. The molecule has 0 aromatic carbocycles. The van der Waals surface area contributed by atoms with E-state index in [-0.39, 0.29) is 23.3 Å². The van der Waals surface area contributed by atoms with Crippen LogP contribution in [-0.4, -0.2) is 72.5 Å². The van der Waals surface area contributed by atoms with E-state index in [1.54, 1.807) is 39.5 Å². The van der Waals surface area contributed by atoms with Gasteiger partial charge < -0.3 is 14.5 Å². The van der Waals surface area contributed by atoms with Crippen molar-refractivity contribution in [3.05, 3.63) is 0 Å². The van der Waals surface area contributed by atoms with Crippen LogP contribution in [0.5, 0.6) is 0 Å². The molecular weight excluding hydrogens is 320 g/mol. The molecule has 0 aromatic rings. The van der Waals surface area contributed by atoms with Crippen LogP contribution in [0.1, 0.15) is 34.6 Å². The number of sulfone groups is 1. The number of hydrogen-bond acceptors (Lipinski definition) is 5. The summed E-state index contributed by atoms with van der Waals surface area (Å²) in [5, 5.41) is 0. The number of fused-ring (bicyclic) bond motifs is 1. The second-order valence-electron chi connectivity index (χ2n) is 7.57. The molecule has 2 saturated heterocycles. The molecule has 8 heteroatoms. The lowest BCUT2D eigenvalue weighted by atomic mass is 10.0. The van der Waals surface area contributed by atoms with Gasteiger partial charge in [0.2, 0.25) is 5.91 Å². The van der Waals surface area contributed by atoms with E-state index in [0.29, 0.717) is 13.1 Å². The first kappa shape index (κ1) is 18.0. The van der Waals surface area contributed by atoms with Crippen LogP contribution < -0.4 is 0 Å². The third-order valence-electron chi connectivity index (χ3n) is 4.08. The fourth-order valence-electron chi connectivity index (χ4n) is 3.11. The van der Waals surface area contributed by atoms with Crippen molar-refractivity contribution in [2.45, 2.75) is 52.3 Å². The van der Waals surface area contributed by atoms with E-state index in [1.165, 1.54) is 4.90 Å². The molecule has 23 heavy (non-hydrogen) atoms. The molecule has 132 valence electrons. The van der Waals surface area contributed by atoms with Gasteiger partial charge in [-0.15, -0.1) is 0 Å². The van der Waals surface area contributed by atoms with Crippen molar-refractivity contribution in [1.29, 1.82) is 0 Å². The summed E-state index contributed by atoms with van der Waals surface area (Å²) in [6.45, 7) is 9.53. The Morgan fingerprint density at radius 3 is 2.00 bits per heavy atom. The number of carbonyl (C=O) groups excluding carboxylic acids is 2. The van der Waals surface area contributed by atoms with Crippen LogP contribution in [0.3, 0.4) is 0 Å². The van der Waals surface area contributed by atoms with E-state index in [0.717, 1.165) is 0 Å². The highest BCUT2D eigenvalue weighted by atomic mass is 32.2. The highest BCUT2D eigenvalue weighted by Crippen LogP contribution is 2.29. The largest absolute Gasteiger partial charge is 0.444 e. The smallest absolute Gasteiger partial charge is 0.410 e. The zero-order chi connectivity index (χ0) is 17.6. The van der Waals surface area contributed by atoms with Crippen LogP contribution in [0.4, 0.5) is 4.79 Å². The van der Waals surface area contributed by atoms with Gasteiger partial charge in [0.15, 0.2) is 9.84 Å². The molecule has 2 aliphatic rings. The van der Waals surface area contributed by atoms with Crippen LogP contribution in [0.25, 0.3) is 0 Å². The highest BCUT2D eigenvalue weighted by Gasteiger charge is 2.50. The Labute approximate surface area is 137 Å². The molecule has 0 aromatic heterocycles. The second kappa shape index (κ2) is 5.96. The number of ether oxygens (including phenoxy) is 1. The van der Waals surface area contributed by atoms with Crippen molar-refractivity contribution in [3.63, 3.8) is 0 Å². The van der Waals surface area contributed by atoms with Gasteiger partial charge in [0.1, 0.15) is 5.60 Å². The molecule has 7 nitrogen and oxygen atoms in total. The minimum atomic E-state index is -3.27. The quantitative estimate of drug-likeness (QED) is 0.704. The van der Waals surface area contributed by atoms with Gasteiger partial charge in [0.05, 0.1) is 23.6 Å². The Bertz CT molecular complexity index is 593. The summed E-state index contributed by atoms with van der Waals surface area (Å²) in [4.78, 5) is 27.8. The third kappa shape index (κ3) is 3.97. The van der Waals surface area contributed by atoms with E-state index < -0.39 is 33.6 Å². The van der Waals surface area contributed by atoms with E-state index in [1.807, 2.05) is 0 Å². The monoisotopic (exact) mass is 346 g/mol. The Hall–Kier alpha value is -1.31. The van der Waals surface area contributed by atoms with Gasteiger partial charge in [0, 0.05) is 19.0 Å². The third-order valence-corrected chi connectivity index (χ3v) is 5.78. The normalized spacial score (nSPS) is 27.0. The lowest BCUT2D eigenvalue weighted by molar-refractivity contribution is -0.140. The van der Waals surface area contributed by atoms with E-state index in [2.05, 4.69) is 0 Å². The molecule has 0 radical (unpaired) electrons. The van der Waals surface area contributed by atoms with Gasteiger partial charge in [-0.1, -0.05) is 13.8 Å². The lowest BCUT2D eigenvalue weighted by Gasteiger charge is -2.44. The molecule has 0 saturated carbocycles. The van der Waals surface area contributed by atoms with Crippen molar-refractivity contribution in [2.75, 3.05) is 24.6 Å². The molecule has 0 aliphatic carbocycles. The van der Waals surface area contributed by atoms with Crippen molar-refractivity contribution >= 4 is 21.8 Å². The van der Waals surface area contributed by atoms with Gasteiger partial charge in [-0.25, -0.2) is 13.2 Å². The summed E-state index contributed by atoms with van der Waals surface area (Å²) in [5.41, 5.74) is -0.644. The fourth-order valence-corrected chi connectivity index (χ4v) is 5.09. The molecule has 2 fully saturated rings. The van der Waals surface area contributed by atoms with Gasteiger partial charge in [-0.3, -0.25) is 4.79 Å².